The fourth-order valence-electron chi connectivity index (χ4n) is 4.82. The molecule has 1 radical (unpaired) electrons. The van der Waals surface area contributed by atoms with Crippen LogP contribution in [-0.2, 0) is 24.9 Å². The maximum absolute atomic E-state index is 11.5. The Morgan fingerprint density at radius 3 is 1.82 bits per heavy atom. The molecule has 1 N–H and O–H groups in total. The summed E-state index contributed by atoms with van der Waals surface area (Å²) in [5.74, 6) is 0.104. The first kappa shape index (κ1) is 36.8. The van der Waals surface area contributed by atoms with Crippen LogP contribution in [-0.4, -0.2) is 20.9 Å². The average Bonchev–Trinajstić information content (AvgIpc) is 2.86. The average molecular weight is 768 g/mol. The molecule has 0 aliphatic rings. The second-order valence-electron chi connectivity index (χ2n) is 13.7. The predicted molar refractivity (Wildman–Crippen MR) is 180 cm³/mol. The molecule has 0 atom stereocenters. The molecule has 1 heterocycles. The summed E-state index contributed by atoms with van der Waals surface area (Å²) in [7, 11) is 0. The zero-order valence-electron chi connectivity index (χ0n) is 28.4. The van der Waals surface area contributed by atoms with Crippen molar-refractivity contribution in [2.75, 3.05) is 0 Å². The number of aromatic nitrogens is 2. The Bertz CT molecular complexity index is 1610. The number of carbonyl (C=O) groups excluding carboxylic acids is 1. The van der Waals surface area contributed by atoms with E-state index in [9.17, 15) is 9.90 Å². The van der Waals surface area contributed by atoms with Gasteiger partial charge in [-0.3, -0.25) is 9.78 Å². The standard InChI is InChI=1S/C28H27N2.C11H20O2.Ir/c1-17-10-18(2)13-23(12-17)27-28(24-14-19(3)11-20(4)15-24)30-25(16-29-27)26-21(5)8-7-9-22(26)6;1-10(2,3)8(12)7-9(13)11(4,5)6;/h7-12,14-16H,1-6H3;7,12H,1-6H3;/q-1;;. The number of ketones is 1. The van der Waals surface area contributed by atoms with Crippen LogP contribution in [0.5, 0.6) is 0 Å². The molecule has 4 aromatic rings. The summed E-state index contributed by atoms with van der Waals surface area (Å²) < 4.78 is 0. The van der Waals surface area contributed by atoms with Crippen LogP contribution in [0.2, 0.25) is 0 Å². The van der Waals surface area contributed by atoms with Crippen molar-refractivity contribution in [2.45, 2.75) is 83.1 Å². The molecular formula is C39H47IrN2O2-. The topological polar surface area (TPSA) is 63.1 Å². The molecule has 0 spiro atoms. The van der Waals surface area contributed by atoms with Gasteiger partial charge in [0.05, 0.1) is 11.4 Å². The minimum atomic E-state index is -0.417. The van der Waals surface area contributed by atoms with Crippen LogP contribution < -0.4 is 0 Å². The van der Waals surface area contributed by atoms with E-state index < -0.39 is 5.41 Å². The number of aliphatic hydroxyl groups is 1. The molecule has 5 heteroatoms. The van der Waals surface area contributed by atoms with E-state index in [4.69, 9.17) is 9.97 Å². The van der Waals surface area contributed by atoms with E-state index in [0.717, 1.165) is 39.3 Å². The van der Waals surface area contributed by atoms with Crippen molar-refractivity contribution in [3.05, 3.63) is 106 Å². The van der Waals surface area contributed by atoms with E-state index in [2.05, 4.69) is 96.1 Å². The number of aliphatic hydroxyl groups excluding tert-OH is 1. The molecule has 0 fully saturated rings. The first-order valence-electron chi connectivity index (χ1n) is 14.9. The van der Waals surface area contributed by atoms with Gasteiger partial charge in [-0.15, -0.1) is 34.9 Å². The molecule has 4 rings (SSSR count). The predicted octanol–water partition coefficient (Wildman–Crippen LogP) is 10.2. The van der Waals surface area contributed by atoms with Crippen LogP contribution >= 0.6 is 0 Å². The SMILES string of the molecule is CC(C)(C)C(=O)C=C(O)C(C)(C)C.Cc1[c-]c(-c2ncc(-c3c(C)cccc3C)nc2-c2cc(C)cc(C)c2)cc(C)c1.[Ir]. The van der Waals surface area contributed by atoms with Gasteiger partial charge in [0, 0.05) is 54.5 Å². The van der Waals surface area contributed by atoms with Crippen LogP contribution in [0.3, 0.4) is 0 Å². The smallest absolute Gasteiger partial charge is 0.164 e. The van der Waals surface area contributed by atoms with E-state index in [0.29, 0.717) is 0 Å². The summed E-state index contributed by atoms with van der Waals surface area (Å²) in [5.41, 5.74) is 12.3. The zero-order chi connectivity index (χ0) is 32.3. The van der Waals surface area contributed by atoms with Crippen molar-refractivity contribution < 1.29 is 30.0 Å². The Hall–Kier alpha value is -3.40. The van der Waals surface area contributed by atoms with Crippen molar-refractivity contribution in [2.24, 2.45) is 10.8 Å². The molecule has 3 aromatic carbocycles. The number of rotatable bonds is 4. The van der Waals surface area contributed by atoms with Crippen LogP contribution in [0, 0.1) is 58.4 Å². The number of allylic oxidation sites excluding steroid dienone is 2. The molecule has 0 bridgehead atoms. The second-order valence-corrected chi connectivity index (χ2v) is 13.7. The number of aryl methyl sites for hydroxylation is 6. The van der Waals surface area contributed by atoms with Crippen molar-refractivity contribution in [1.82, 2.24) is 9.97 Å². The van der Waals surface area contributed by atoms with Crippen LogP contribution in [0.4, 0.5) is 0 Å². The summed E-state index contributed by atoms with van der Waals surface area (Å²) >= 11 is 0. The number of hydrogen-bond acceptors (Lipinski definition) is 4. The van der Waals surface area contributed by atoms with Gasteiger partial charge in [-0.05, 0) is 44.4 Å². The fourth-order valence-corrected chi connectivity index (χ4v) is 4.82. The van der Waals surface area contributed by atoms with Gasteiger partial charge in [-0.1, -0.05) is 103 Å². The van der Waals surface area contributed by atoms with E-state index in [1.807, 2.05) is 47.7 Å². The Morgan fingerprint density at radius 2 is 1.32 bits per heavy atom. The summed E-state index contributed by atoms with van der Waals surface area (Å²) in [5, 5.41) is 9.56. The maximum atomic E-state index is 11.5. The third-order valence-corrected chi connectivity index (χ3v) is 7.18. The summed E-state index contributed by atoms with van der Waals surface area (Å²) in [6.45, 7) is 23.8. The monoisotopic (exact) mass is 768 g/mol. The van der Waals surface area contributed by atoms with E-state index in [1.165, 1.54) is 33.9 Å². The normalized spacial score (nSPS) is 11.8. The van der Waals surface area contributed by atoms with Crippen LogP contribution in [0.15, 0.2) is 66.6 Å². The number of carbonyl (C=O) groups is 1. The Kier molecular flexibility index (Phi) is 12.2. The molecule has 44 heavy (non-hydrogen) atoms. The van der Waals surface area contributed by atoms with Gasteiger partial charge in [0.2, 0.25) is 0 Å². The molecule has 1 aromatic heterocycles. The Balaban J connectivity index is 0.000000412. The largest absolute Gasteiger partial charge is 0.512 e. The first-order chi connectivity index (χ1) is 19.9. The van der Waals surface area contributed by atoms with Gasteiger partial charge in [0.1, 0.15) is 5.76 Å². The third-order valence-electron chi connectivity index (χ3n) is 7.18. The summed E-state index contributed by atoms with van der Waals surface area (Å²) in [4.78, 5) is 21.6. The summed E-state index contributed by atoms with van der Waals surface area (Å²) in [6.07, 6.45) is 3.24. The molecule has 4 nitrogen and oxygen atoms in total. The number of benzene rings is 3. The van der Waals surface area contributed by atoms with E-state index in [1.54, 1.807) is 0 Å². The first-order valence-corrected chi connectivity index (χ1v) is 14.9. The second kappa shape index (κ2) is 14.6. The zero-order valence-corrected chi connectivity index (χ0v) is 30.8. The third kappa shape index (κ3) is 9.55. The molecule has 0 aliphatic carbocycles. The number of nitrogens with zero attached hydrogens (tertiary/aromatic N) is 2. The van der Waals surface area contributed by atoms with Crippen LogP contribution in [0.1, 0.15) is 74.9 Å². The van der Waals surface area contributed by atoms with Crippen molar-refractivity contribution >= 4 is 5.78 Å². The summed E-state index contributed by atoms with van der Waals surface area (Å²) in [6, 6.07) is 20.7. The molecular weight excluding hydrogens is 721 g/mol. The maximum Gasteiger partial charge on any atom is 0.164 e. The Morgan fingerprint density at radius 1 is 0.773 bits per heavy atom. The molecule has 0 aliphatic heterocycles. The van der Waals surface area contributed by atoms with Gasteiger partial charge in [-0.2, -0.15) is 0 Å². The van der Waals surface area contributed by atoms with Crippen molar-refractivity contribution in [1.29, 1.82) is 0 Å². The fraction of sp³-hybridized carbons (Fsp3) is 0.359. The van der Waals surface area contributed by atoms with Gasteiger partial charge in [0.25, 0.3) is 0 Å². The van der Waals surface area contributed by atoms with Gasteiger partial charge < -0.3 is 10.1 Å². The van der Waals surface area contributed by atoms with Gasteiger partial charge >= 0.3 is 0 Å². The minimum absolute atomic E-state index is 0. The van der Waals surface area contributed by atoms with Gasteiger partial charge in [-0.25, -0.2) is 0 Å². The molecule has 0 saturated carbocycles. The quantitative estimate of drug-likeness (QED) is 0.128. The van der Waals surface area contributed by atoms with Crippen molar-refractivity contribution in [3.8, 4) is 33.8 Å². The molecule has 235 valence electrons. The molecule has 0 amide bonds. The van der Waals surface area contributed by atoms with E-state index in [-0.39, 0.29) is 37.1 Å². The Labute approximate surface area is 278 Å². The number of hydrogen-bond donors (Lipinski definition) is 1. The molecule has 0 unspecified atom stereocenters. The van der Waals surface area contributed by atoms with Crippen molar-refractivity contribution in [3.63, 3.8) is 0 Å². The van der Waals surface area contributed by atoms with Crippen LogP contribution in [0.25, 0.3) is 33.8 Å². The van der Waals surface area contributed by atoms with Gasteiger partial charge in [0.15, 0.2) is 5.78 Å². The van der Waals surface area contributed by atoms with E-state index >= 15 is 0 Å². The molecule has 0 saturated heterocycles. The minimum Gasteiger partial charge on any atom is -0.512 e.